The Morgan fingerprint density at radius 2 is 2.00 bits per heavy atom. The fraction of sp³-hybridized carbons (Fsp3) is 0.333. The maximum Gasteiger partial charge on any atom is 0.321 e. The number of nitrogens with zero attached hydrogens (tertiary/aromatic N) is 3. The zero-order valence-corrected chi connectivity index (χ0v) is 17.1. The van der Waals surface area contributed by atoms with Crippen molar-refractivity contribution in [2.45, 2.75) is 25.9 Å². The lowest BCUT2D eigenvalue weighted by molar-refractivity contribution is 0.0933. The van der Waals surface area contributed by atoms with Gasteiger partial charge in [0.1, 0.15) is 0 Å². The van der Waals surface area contributed by atoms with Crippen LogP contribution < -0.4 is 5.32 Å². The summed E-state index contributed by atoms with van der Waals surface area (Å²) in [6.45, 7) is 5.21. The normalized spacial score (nSPS) is 19.8. The van der Waals surface area contributed by atoms with Gasteiger partial charge in [-0.3, -0.25) is 9.88 Å². The molecule has 3 aromatic rings. The molecule has 0 saturated carbocycles. The minimum Gasteiger partial charge on any atom is -0.324 e. The molecule has 5 heteroatoms. The van der Waals surface area contributed by atoms with Crippen molar-refractivity contribution in [3.8, 4) is 0 Å². The van der Waals surface area contributed by atoms with Crippen LogP contribution in [0.1, 0.15) is 18.9 Å². The van der Waals surface area contributed by atoms with Crippen molar-refractivity contribution in [1.82, 2.24) is 14.8 Å². The minimum absolute atomic E-state index is 0.0531. The number of hydrogen-bond donors (Lipinski definition) is 1. The fourth-order valence-corrected chi connectivity index (χ4v) is 4.37. The first-order chi connectivity index (χ1) is 14.1. The third-order valence-corrected chi connectivity index (χ3v) is 5.93. The van der Waals surface area contributed by atoms with Gasteiger partial charge >= 0.3 is 6.03 Å². The molecule has 2 amide bonds. The predicted molar refractivity (Wildman–Crippen MR) is 118 cm³/mol. The Bertz CT molecular complexity index is 970. The van der Waals surface area contributed by atoms with E-state index in [2.05, 4.69) is 52.5 Å². The molecule has 1 fully saturated rings. The minimum atomic E-state index is -0.0531. The van der Waals surface area contributed by atoms with Gasteiger partial charge in [-0.15, -0.1) is 0 Å². The number of carbonyl (C=O) groups is 1. The van der Waals surface area contributed by atoms with Gasteiger partial charge in [0.05, 0.1) is 5.69 Å². The molecule has 2 heterocycles. The van der Waals surface area contributed by atoms with E-state index in [1.807, 2.05) is 42.4 Å². The Hall–Kier alpha value is -2.92. The summed E-state index contributed by atoms with van der Waals surface area (Å²) in [4.78, 5) is 21.5. The first-order valence-corrected chi connectivity index (χ1v) is 10.2. The summed E-state index contributed by atoms with van der Waals surface area (Å²) in [6.07, 6.45) is 4.56. The van der Waals surface area contributed by atoms with Gasteiger partial charge in [-0.25, -0.2) is 4.79 Å². The highest BCUT2D eigenvalue weighted by atomic mass is 16.2. The summed E-state index contributed by atoms with van der Waals surface area (Å²) in [5, 5.41) is 5.13. The molecule has 0 unspecified atom stereocenters. The summed E-state index contributed by atoms with van der Waals surface area (Å²) >= 11 is 0. The van der Waals surface area contributed by atoms with Crippen molar-refractivity contribution < 1.29 is 4.79 Å². The van der Waals surface area contributed by atoms with Gasteiger partial charge in [-0.2, -0.15) is 0 Å². The number of likely N-dealkylation sites (tertiary alicyclic amines) is 1. The maximum absolute atomic E-state index is 13.0. The van der Waals surface area contributed by atoms with Crippen LogP contribution in [0.2, 0.25) is 0 Å². The average molecular weight is 389 g/mol. The number of anilines is 1. The van der Waals surface area contributed by atoms with E-state index in [0.29, 0.717) is 5.92 Å². The van der Waals surface area contributed by atoms with E-state index in [9.17, 15) is 4.79 Å². The molecule has 0 radical (unpaired) electrons. The largest absolute Gasteiger partial charge is 0.324 e. The van der Waals surface area contributed by atoms with Crippen molar-refractivity contribution >= 4 is 22.5 Å². The Morgan fingerprint density at radius 3 is 2.79 bits per heavy atom. The molecule has 1 saturated heterocycles. The number of piperidine rings is 1. The molecule has 0 spiro atoms. The predicted octanol–water partition coefficient (Wildman–Crippen LogP) is 4.61. The van der Waals surface area contributed by atoms with Gasteiger partial charge in [-0.1, -0.05) is 49.4 Å². The average Bonchev–Trinajstić information content (AvgIpc) is 2.74. The van der Waals surface area contributed by atoms with Crippen LogP contribution in [-0.2, 0) is 6.54 Å². The van der Waals surface area contributed by atoms with Crippen LogP contribution >= 0.6 is 0 Å². The second-order valence-electron chi connectivity index (χ2n) is 8.00. The van der Waals surface area contributed by atoms with Crippen LogP contribution in [0.25, 0.3) is 10.8 Å². The zero-order chi connectivity index (χ0) is 20.2. The molecule has 5 nitrogen and oxygen atoms in total. The number of benzene rings is 2. The Kier molecular flexibility index (Phi) is 5.76. The Morgan fingerprint density at radius 1 is 1.17 bits per heavy atom. The lowest BCUT2D eigenvalue weighted by atomic mass is 9.92. The monoisotopic (exact) mass is 388 g/mol. The molecular formula is C24H28N4O. The fourth-order valence-electron chi connectivity index (χ4n) is 4.37. The molecular weight excluding hydrogens is 360 g/mol. The van der Waals surface area contributed by atoms with E-state index in [-0.39, 0.29) is 12.1 Å². The second-order valence-corrected chi connectivity index (χ2v) is 8.00. The number of hydrogen-bond acceptors (Lipinski definition) is 3. The standard InChI is InChI=1S/C24H28N4O/c1-18-16-28(17-19-7-4-3-5-8-19)14-12-23(18)27(2)24(29)26-22-10-6-9-20-15-25-13-11-21(20)22/h3-11,13,15,18,23H,12,14,16-17H2,1-2H3,(H,26,29)/t18-,23+/m0/s1. The molecule has 150 valence electrons. The molecule has 2 aromatic carbocycles. The van der Waals surface area contributed by atoms with Gasteiger partial charge in [0.15, 0.2) is 0 Å². The topological polar surface area (TPSA) is 48.5 Å². The molecule has 1 aliphatic rings. The van der Waals surface area contributed by atoms with Gasteiger partial charge < -0.3 is 10.2 Å². The molecule has 1 aliphatic heterocycles. The second kappa shape index (κ2) is 8.62. The smallest absolute Gasteiger partial charge is 0.321 e. The number of rotatable bonds is 4. The van der Waals surface area contributed by atoms with Crippen LogP contribution in [0.15, 0.2) is 67.0 Å². The first kappa shape index (κ1) is 19.4. The van der Waals surface area contributed by atoms with E-state index in [4.69, 9.17) is 0 Å². The highest BCUT2D eigenvalue weighted by Gasteiger charge is 2.31. The van der Waals surface area contributed by atoms with Crippen molar-refractivity contribution in [3.63, 3.8) is 0 Å². The van der Waals surface area contributed by atoms with Gasteiger partial charge in [0, 0.05) is 55.9 Å². The van der Waals surface area contributed by atoms with Crippen LogP contribution in [0.5, 0.6) is 0 Å². The number of amides is 2. The number of carbonyl (C=O) groups excluding carboxylic acids is 1. The highest BCUT2D eigenvalue weighted by Crippen LogP contribution is 2.25. The van der Waals surface area contributed by atoms with E-state index >= 15 is 0 Å². The van der Waals surface area contributed by atoms with Gasteiger partial charge in [-0.05, 0) is 30.0 Å². The van der Waals surface area contributed by atoms with Crippen molar-refractivity contribution in [2.75, 3.05) is 25.5 Å². The summed E-state index contributed by atoms with van der Waals surface area (Å²) in [5.74, 6) is 0.417. The van der Waals surface area contributed by atoms with Crippen LogP contribution in [0.4, 0.5) is 10.5 Å². The SMILES string of the molecule is C[C@H]1CN(Cc2ccccc2)CC[C@H]1N(C)C(=O)Nc1cccc2cnccc12. The van der Waals surface area contributed by atoms with E-state index in [1.54, 1.807) is 6.20 Å². The quantitative estimate of drug-likeness (QED) is 0.710. The lowest BCUT2D eigenvalue weighted by Crippen LogP contribution is -2.51. The van der Waals surface area contributed by atoms with Crippen LogP contribution in [0.3, 0.4) is 0 Å². The lowest BCUT2D eigenvalue weighted by Gasteiger charge is -2.41. The maximum atomic E-state index is 13.0. The van der Waals surface area contributed by atoms with Crippen molar-refractivity contribution in [2.24, 2.45) is 5.92 Å². The van der Waals surface area contributed by atoms with Gasteiger partial charge in [0.25, 0.3) is 0 Å². The van der Waals surface area contributed by atoms with E-state index < -0.39 is 0 Å². The van der Waals surface area contributed by atoms with Crippen molar-refractivity contribution in [3.05, 3.63) is 72.6 Å². The molecule has 0 aliphatic carbocycles. The number of aromatic nitrogens is 1. The number of nitrogens with one attached hydrogen (secondary N) is 1. The Labute approximate surface area is 172 Å². The third kappa shape index (κ3) is 4.40. The van der Waals surface area contributed by atoms with Crippen LogP contribution in [-0.4, -0.2) is 47.0 Å². The molecule has 29 heavy (non-hydrogen) atoms. The molecule has 1 aromatic heterocycles. The summed E-state index contributed by atoms with van der Waals surface area (Å²) in [6, 6.07) is 18.6. The van der Waals surface area contributed by atoms with E-state index in [0.717, 1.165) is 42.5 Å². The zero-order valence-electron chi connectivity index (χ0n) is 17.1. The van der Waals surface area contributed by atoms with E-state index in [1.165, 1.54) is 5.56 Å². The van der Waals surface area contributed by atoms with Gasteiger partial charge in [0.2, 0.25) is 0 Å². The number of urea groups is 1. The number of pyridine rings is 1. The van der Waals surface area contributed by atoms with Crippen molar-refractivity contribution in [1.29, 1.82) is 0 Å². The molecule has 2 atom stereocenters. The highest BCUT2D eigenvalue weighted by molar-refractivity contribution is 6.01. The third-order valence-electron chi connectivity index (χ3n) is 5.93. The summed E-state index contributed by atoms with van der Waals surface area (Å²) in [7, 11) is 1.91. The number of fused-ring (bicyclic) bond motifs is 1. The molecule has 1 N–H and O–H groups in total. The first-order valence-electron chi connectivity index (χ1n) is 10.2. The molecule has 0 bridgehead atoms. The summed E-state index contributed by atoms with van der Waals surface area (Å²) < 4.78 is 0. The Balaban J connectivity index is 1.39. The van der Waals surface area contributed by atoms with Crippen LogP contribution in [0, 0.1) is 5.92 Å². The molecule has 4 rings (SSSR count). The summed E-state index contributed by atoms with van der Waals surface area (Å²) in [5.41, 5.74) is 2.17.